The summed E-state index contributed by atoms with van der Waals surface area (Å²) in [7, 11) is 0. The van der Waals surface area contributed by atoms with Gasteiger partial charge in [-0.3, -0.25) is 4.79 Å². The first-order chi connectivity index (χ1) is 16.0. The summed E-state index contributed by atoms with van der Waals surface area (Å²) in [4.78, 5) is 21.9. The molecular formula is C24H19ClN4O2S2. The molecule has 2 aromatic carbocycles. The van der Waals surface area contributed by atoms with E-state index in [1.807, 2.05) is 37.3 Å². The first-order valence-corrected chi connectivity index (χ1v) is 12.2. The van der Waals surface area contributed by atoms with Crippen molar-refractivity contribution in [2.75, 3.05) is 11.9 Å². The lowest BCUT2D eigenvalue weighted by molar-refractivity contribution is -0.115. The molecule has 0 spiro atoms. The number of thiazole rings is 1. The van der Waals surface area contributed by atoms with Gasteiger partial charge in [0.1, 0.15) is 16.8 Å². The van der Waals surface area contributed by atoms with Gasteiger partial charge in [0, 0.05) is 10.6 Å². The molecule has 1 N–H and O–H groups in total. The summed E-state index contributed by atoms with van der Waals surface area (Å²) in [6.45, 7) is 4.29. The van der Waals surface area contributed by atoms with Crippen LogP contribution < -0.4 is 10.1 Å². The fourth-order valence-electron chi connectivity index (χ4n) is 3.04. The molecule has 4 rings (SSSR count). The monoisotopic (exact) mass is 494 g/mol. The highest BCUT2D eigenvalue weighted by Crippen LogP contribution is 2.32. The molecule has 0 bridgehead atoms. The number of rotatable bonds is 7. The van der Waals surface area contributed by atoms with E-state index in [1.54, 1.807) is 31.2 Å². The minimum atomic E-state index is -0.490. The standard InChI is InChI=1S/C24H19ClN4O2S2/c1-3-31-18-9-11-20-21(12-18)33-24(28-20)29-22(30)14(2)32-23-16(13-26)6-10-19(27-23)15-4-7-17(25)8-5-15/h4-12,14H,3H2,1-2H3,(H,28,29,30). The number of nitrogens with one attached hydrogen (secondary N) is 1. The van der Waals surface area contributed by atoms with Crippen LogP contribution in [0.5, 0.6) is 5.75 Å². The number of pyridine rings is 1. The number of ether oxygens (including phenoxy) is 1. The van der Waals surface area contributed by atoms with Gasteiger partial charge in [0.05, 0.1) is 33.3 Å². The van der Waals surface area contributed by atoms with Crippen LogP contribution in [-0.4, -0.2) is 27.7 Å². The molecule has 0 radical (unpaired) electrons. The smallest absolute Gasteiger partial charge is 0.239 e. The fraction of sp³-hybridized carbons (Fsp3) is 0.167. The van der Waals surface area contributed by atoms with Crippen molar-refractivity contribution >= 4 is 56.0 Å². The van der Waals surface area contributed by atoms with E-state index in [2.05, 4.69) is 21.4 Å². The molecule has 0 saturated heterocycles. The molecule has 166 valence electrons. The van der Waals surface area contributed by atoms with Gasteiger partial charge in [0.25, 0.3) is 0 Å². The Hall–Kier alpha value is -3.12. The Kier molecular flexibility index (Phi) is 7.14. The summed E-state index contributed by atoms with van der Waals surface area (Å²) in [5, 5.41) is 13.5. The second-order valence-corrected chi connectivity index (χ2v) is 9.80. The number of thioether (sulfide) groups is 1. The number of fused-ring (bicyclic) bond motifs is 1. The lowest BCUT2D eigenvalue weighted by Gasteiger charge is -2.12. The number of carbonyl (C=O) groups excluding carboxylic acids is 1. The summed E-state index contributed by atoms with van der Waals surface area (Å²) >= 11 is 8.60. The van der Waals surface area contributed by atoms with Gasteiger partial charge < -0.3 is 10.1 Å². The number of aromatic nitrogens is 2. The Labute approximate surface area is 204 Å². The van der Waals surface area contributed by atoms with E-state index in [0.29, 0.717) is 33.0 Å². The van der Waals surface area contributed by atoms with Crippen molar-refractivity contribution in [2.24, 2.45) is 0 Å². The number of anilines is 1. The molecule has 6 nitrogen and oxygen atoms in total. The second kappa shape index (κ2) is 10.2. The maximum absolute atomic E-state index is 12.8. The first kappa shape index (κ1) is 23.1. The van der Waals surface area contributed by atoms with Crippen LogP contribution in [0.2, 0.25) is 5.02 Å². The van der Waals surface area contributed by atoms with E-state index in [1.165, 1.54) is 23.1 Å². The number of amides is 1. The van der Waals surface area contributed by atoms with Gasteiger partial charge >= 0.3 is 0 Å². The molecule has 1 atom stereocenters. The maximum Gasteiger partial charge on any atom is 0.239 e. The largest absolute Gasteiger partial charge is 0.494 e. The molecular weight excluding hydrogens is 476 g/mol. The van der Waals surface area contributed by atoms with E-state index in [9.17, 15) is 10.1 Å². The lowest BCUT2D eigenvalue weighted by Crippen LogP contribution is -2.22. The third kappa shape index (κ3) is 5.45. The number of hydrogen-bond acceptors (Lipinski definition) is 7. The average molecular weight is 495 g/mol. The zero-order chi connectivity index (χ0) is 23.4. The molecule has 0 aliphatic heterocycles. The number of halogens is 1. The molecule has 4 aromatic rings. The molecule has 0 saturated carbocycles. The van der Waals surface area contributed by atoms with Crippen LogP contribution in [0.25, 0.3) is 21.5 Å². The number of hydrogen-bond donors (Lipinski definition) is 1. The Morgan fingerprint density at radius 2 is 2.00 bits per heavy atom. The Bertz CT molecular complexity index is 1350. The summed E-state index contributed by atoms with van der Waals surface area (Å²) in [6, 6.07) is 18.6. The van der Waals surface area contributed by atoms with Crippen LogP contribution >= 0.6 is 34.7 Å². The highest BCUT2D eigenvalue weighted by Gasteiger charge is 2.20. The third-order valence-electron chi connectivity index (χ3n) is 4.68. The maximum atomic E-state index is 12.8. The zero-order valence-corrected chi connectivity index (χ0v) is 20.2. The van der Waals surface area contributed by atoms with E-state index >= 15 is 0 Å². The normalized spacial score (nSPS) is 11.7. The molecule has 0 fully saturated rings. The van der Waals surface area contributed by atoms with Crippen LogP contribution in [0.1, 0.15) is 19.4 Å². The van der Waals surface area contributed by atoms with Crippen molar-refractivity contribution in [2.45, 2.75) is 24.1 Å². The minimum Gasteiger partial charge on any atom is -0.494 e. The number of carbonyl (C=O) groups is 1. The van der Waals surface area contributed by atoms with Crippen LogP contribution in [0.15, 0.2) is 59.6 Å². The second-order valence-electron chi connectivity index (χ2n) is 7.00. The zero-order valence-electron chi connectivity index (χ0n) is 17.8. The quantitative estimate of drug-likeness (QED) is 0.299. The van der Waals surface area contributed by atoms with Crippen molar-refractivity contribution < 1.29 is 9.53 Å². The van der Waals surface area contributed by atoms with Gasteiger partial charge in [-0.1, -0.05) is 46.8 Å². The predicted molar refractivity (Wildman–Crippen MR) is 134 cm³/mol. The van der Waals surface area contributed by atoms with Gasteiger partial charge in [-0.25, -0.2) is 9.97 Å². The Morgan fingerprint density at radius 3 is 2.73 bits per heavy atom. The average Bonchev–Trinajstić information content (AvgIpc) is 3.21. The molecule has 1 amide bonds. The van der Waals surface area contributed by atoms with E-state index < -0.39 is 5.25 Å². The van der Waals surface area contributed by atoms with Gasteiger partial charge in [-0.2, -0.15) is 5.26 Å². The van der Waals surface area contributed by atoms with Gasteiger partial charge in [-0.15, -0.1) is 0 Å². The number of benzene rings is 2. The molecule has 9 heteroatoms. The van der Waals surface area contributed by atoms with E-state index in [4.69, 9.17) is 16.3 Å². The molecule has 33 heavy (non-hydrogen) atoms. The van der Waals surface area contributed by atoms with Crippen LogP contribution in [0, 0.1) is 11.3 Å². The van der Waals surface area contributed by atoms with Crippen molar-refractivity contribution in [1.29, 1.82) is 5.26 Å². The van der Waals surface area contributed by atoms with Crippen molar-refractivity contribution in [3.8, 4) is 23.1 Å². The fourth-order valence-corrected chi connectivity index (χ4v) is 4.96. The summed E-state index contributed by atoms with van der Waals surface area (Å²) in [5.41, 5.74) is 2.80. The minimum absolute atomic E-state index is 0.216. The lowest BCUT2D eigenvalue weighted by atomic mass is 10.1. The van der Waals surface area contributed by atoms with Crippen molar-refractivity contribution in [3.63, 3.8) is 0 Å². The Morgan fingerprint density at radius 1 is 1.21 bits per heavy atom. The topological polar surface area (TPSA) is 87.9 Å². The SMILES string of the molecule is CCOc1ccc2nc(NC(=O)C(C)Sc3nc(-c4ccc(Cl)cc4)ccc3C#N)sc2c1. The van der Waals surface area contributed by atoms with Gasteiger partial charge in [0.15, 0.2) is 5.13 Å². The van der Waals surface area contributed by atoms with Crippen molar-refractivity contribution in [1.82, 2.24) is 9.97 Å². The number of nitriles is 1. The van der Waals surface area contributed by atoms with Gasteiger partial charge in [-0.05, 0) is 56.3 Å². The van der Waals surface area contributed by atoms with Crippen LogP contribution in [-0.2, 0) is 4.79 Å². The van der Waals surface area contributed by atoms with Gasteiger partial charge in [0.2, 0.25) is 5.91 Å². The van der Waals surface area contributed by atoms with Crippen LogP contribution in [0.3, 0.4) is 0 Å². The molecule has 0 aliphatic rings. The number of nitrogens with zero attached hydrogens (tertiary/aromatic N) is 3. The third-order valence-corrected chi connectivity index (χ3v) is 6.97. The Balaban J connectivity index is 1.50. The first-order valence-electron chi connectivity index (χ1n) is 10.1. The van der Waals surface area contributed by atoms with Crippen molar-refractivity contribution in [3.05, 3.63) is 65.2 Å². The summed E-state index contributed by atoms with van der Waals surface area (Å²) in [6.07, 6.45) is 0. The highest BCUT2D eigenvalue weighted by atomic mass is 35.5. The summed E-state index contributed by atoms with van der Waals surface area (Å²) in [5.74, 6) is 0.554. The molecule has 1 unspecified atom stereocenters. The predicted octanol–water partition coefficient (Wildman–Crippen LogP) is 6.40. The van der Waals surface area contributed by atoms with E-state index in [-0.39, 0.29) is 5.91 Å². The van der Waals surface area contributed by atoms with E-state index in [0.717, 1.165) is 21.5 Å². The molecule has 0 aliphatic carbocycles. The summed E-state index contributed by atoms with van der Waals surface area (Å²) < 4.78 is 6.46. The van der Waals surface area contributed by atoms with Crippen LogP contribution in [0.4, 0.5) is 5.13 Å². The molecule has 2 heterocycles. The molecule has 2 aromatic heterocycles. The highest BCUT2D eigenvalue weighted by molar-refractivity contribution is 8.00.